The second kappa shape index (κ2) is 9.14. The number of methoxy groups -OCH3 is 1. The van der Waals surface area contributed by atoms with Crippen molar-refractivity contribution in [3.63, 3.8) is 0 Å². The molecule has 0 saturated carbocycles. The zero-order valence-electron chi connectivity index (χ0n) is 14.8. The number of hydrogen-bond donors (Lipinski definition) is 1. The minimum absolute atomic E-state index is 0.0173. The second-order valence-corrected chi connectivity index (χ2v) is 5.50. The summed E-state index contributed by atoms with van der Waals surface area (Å²) in [4.78, 5) is 34.1. The number of carbonyl (C=O) groups is 2. The molecule has 0 radical (unpaired) electrons. The number of anilines is 1. The number of esters is 1. The average molecular weight is 370 g/mol. The summed E-state index contributed by atoms with van der Waals surface area (Å²) in [6, 6.07) is 11.8. The van der Waals surface area contributed by atoms with Gasteiger partial charge in [0, 0.05) is 23.9 Å². The van der Waals surface area contributed by atoms with Crippen LogP contribution in [0, 0.1) is 17.0 Å². The first-order valence-electron chi connectivity index (χ1n) is 7.93. The molecular formula is C19H18N2O6. The molecule has 0 aliphatic carbocycles. The van der Waals surface area contributed by atoms with E-state index in [1.807, 2.05) is 30.3 Å². The normalized spacial score (nSPS) is 10.4. The highest BCUT2D eigenvalue weighted by atomic mass is 16.6. The standard InChI is InChI=1S/C19H18N2O6/c1-13-10-16(21(24)25)17(26-2)11-15(13)20-18(22)12-27-19(23)9-8-14-6-4-3-5-7-14/h3-11H,12H2,1-2H3,(H,20,22)/b9-8+. The molecule has 2 aromatic carbocycles. The fourth-order valence-corrected chi connectivity index (χ4v) is 2.21. The molecule has 0 aliphatic heterocycles. The fraction of sp³-hybridized carbons (Fsp3) is 0.158. The molecule has 0 fully saturated rings. The van der Waals surface area contributed by atoms with E-state index in [-0.39, 0.29) is 11.4 Å². The Balaban J connectivity index is 1.94. The number of rotatable bonds is 7. The van der Waals surface area contributed by atoms with Crippen LogP contribution in [0.5, 0.6) is 5.75 Å². The van der Waals surface area contributed by atoms with E-state index in [0.717, 1.165) is 5.56 Å². The Morgan fingerprint density at radius 3 is 2.56 bits per heavy atom. The van der Waals surface area contributed by atoms with Crippen molar-refractivity contribution in [1.29, 1.82) is 0 Å². The SMILES string of the molecule is COc1cc(NC(=O)COC(=O)/C=C/c2ccccc2)c(C)cc1[N+](=O)[O-]. The van der Waals surface area contributed by atoms with Gasteiger partial charge < -0.3 is 14.8 Å². The number of hydrogen-bond acceptors (Lipinski definition) is 6. The van der Waals surface area contributed by atoms with Crippen molar-refractivity contribution >= 4 is 29.3 Å². The van der Waals surface area contributed by atoms with Crippen LogP contribution in [0.2, 0.25) is 0 Å². The van der Waals surface area contributed by atoms with Gasteiger partial charge in [-0.2, -0.15) is 0 Å². The van der Waals surface area contributed by atoms with E-state index in [2.05, 4.69) is 5.32 Å². The lowest BCUT2D eigenvalue weighted by Gasteiger charge is -2.10. The van der Waals surface area contributed by atoms with Crippen LogP contribution in [0.15, 0.2) is 48.5 Å². The third-order valence-electron chi connectivity index (χ3n) is 3.55. The van der Waals surface area contributed by atoms with Crippen molar-refractivity contribution in [2.45, 2.75) is 6.92 Å². The van der Waals surface area contributed by atoms with E-state index >= 15 is 0 Å². The average Bonchev–Trinajstić information content (AvgIpc) is 2.66. The lowest BCUT2D eigenvalue weighted by molar-refractivity contribution is -0.385. The van der Waals surface area contributed by atoms with Crippen molar-refractivity contribution in [1.82, 2.24) is 0 Å². The number of nitro benzene ring substituents is 1. The van der Waals surface area contributed by atoms with E-state index in [0.29, 0.717) is 11.3 Å². The van der Waals surface area contributed by atoms with Crippen LogP contribution < -0.4 is 10.1 Å². The van der Waals surface area contributed by atoms with Crippen LogP contribution in [0.4, 0.5) is 11.4 Å². The summed E-state index contributed by atoms with van der Waals surface area (Å²) in [7, 11) is 1.30. The summed E-state index contributed by atoms with van der Waals surface area (Å²) in [5.41, 5.74) is 1.43. The summed E-state index contributed by atoms with van der Waals surface area (Å²) in [5.74, 6) is -1.22. The summed E-state index contributed by atoms with van der Waals surface area (Å²) < 4.78 is 9.85. The maximum Gasteiger partial charge on any atom is 0.331 e. The number of aryl methyl sites for hydroxylation is 1. The number of amides is 1. The summed E-state index contributed by atoms with van der Waals surface area (Å²) >= 11 is 0. The molecule has 27 heavy (non-hydrogen) atoms. The first kappa shape index (κ1) is 19.6. The van der Waals surface area contributed by atoms with Gasteiger partial charge in [0.15, 0.2) is 12.4 Å². The van der Waals surface area contributed by atoms with Gasteiger partial charge in [-0.1, -0.05) is 30.3 Å². The Morgan fingerprint density at radius 1 is 1.22 bits per heavy atom. The Kier molecular flexibility index (Phi) is 6.65. The van der Waals surface area contributed by atoms with Gasteiger partial charge in [-0.3, -0.25) is 14.9 Å². The maximum absolute atomic E-state index is 12.0. The molecular weight excluding hydrogens is 352 g/mol. The lowest BCUT2D eigenvalue weighted by atomic mass is 10.1. The molecule has 8 nitrogen and oxygen atoms in total. The second-order valence-electron chi connectivity index (χ2n) is 5.50. The Labute approximate surface area is 155 Å². The lowest BCUT2D eigenvalue weighted by Crippen LogP contribution is -2.20. The van der Waals surface area contributed by atoms with E-state index in [9.17, 15) is 19.7 Å². The molecule has 0 aromatic heterocycles. The van der Waals surface area contributed by atoms with Crippen molar-refractivity contribution in [2.24, 2.45) is 0 Å². The zero-order valence-corrected chi connectivity index (χ0v) is 14.8. The van der Waals surface area contributed by atoms with Gasteiger partial charge in [0.25, 0.3) is 5.91 Å². The number of ether oxygens (including phenoxy) is 2. The van der Waals surface area contributed by atoms with Crippen LogP contribution in [0.1, 0.15) is 11.1 Å². The van der Waals surface area contributed by atoms with Crippen molar-refractivity contribution in [3.8, 4) is 5.75 Å². The maximum atomic E-state index is 12.0. The minimum atomic E-state index is -0.660. The van der Waals surface area contributed by atoms with Gasteiger partial charge in [0.05, 0.1) is 12.0 Å². The van der Waals surface area contributed by atoms with Crippen LogP contribution in [0.25, 0.3) is 6.08 Å². The largest absolute Gasteiger partial charge is 0.490 e. The Morgan fingerprint density at radius 2 is 1.93 bits per heavy atom. The van der Waals surface area contributed by atoms with Crippen molar-refractivity contribution < 1.29 is 24.0 Å². The topological polar surface area (TPSA) is 108 Å². The van der Waals surface area contributed by atoms with E-state index < -0.39 is 23.4 Å². The summed E-state index contributed by atoms with van der Waals surface area (Å²) in [6.45, 7) is 1.12. The number of nitro groups is 1. The molecule has 0 spiro atoms. The van der Waals surface area contributed by atoms with E-state index in [4.69, 9.17) is 9.47 Å². The molecule has 0 unspecified atom stereocenters. The predicted molar refractivity (Wildman–Crippen MR) is 99.5 cm³/mol. The van der Waals surface area contributed by atoms with Gasteiger partial charge in [-0.25, -0.2) is 4.79 Å². The van der Waals surface area contributed by atoms with Gasteiger partial charge in [0.1, 0.15) is 0 Å². The quantitative estimate of drug-likeness (QED) is 0.347. The molecule has 8 heteroatoms. The van der Waals surface area contributed by atoms with Gasteiger partial charge in [-0.05, 0) is 24.1 Å². The summed E-state index contributed by atoms with van der Waals surface area (Å²) in [6.07, 6.45) is 2.80. The predicted octanol–water partition coefficient (Wildman–Crippen LogP) is 3.11. The molecule has 0 aliphatic rings. The number of carbonyl (C=O) groups excluding carboxylic acids is 2. The molecule has 2 aromatic rings. The number of nitrogens with one attached hydrogen (secondary N) is 1. The summed E-state index contributed by atoms with van der Waals surface area (Å²) in [5, 5.41) is 13.5. The third kappa shape index (κ3) is 5.67. The van der Waals surface area contributed by atoms with Gasteiger partial charge >= 0.3 is 11.7 Å². The van der Waals surface area contributed by atoms with Crippen LogP contribution in [-0.4, -0.2) is 30.5 Å². The molecule has 0 atom stereocenters. The highest BCUT2D eigenvalue weighted by Crippen LogP contribution is 2.32. The van der Waals surface area contributed by atoms with Crippen LogP contribution in [0.3, 0.4) is 0 Å². The monoisotopic (exact) mass is 370 g/mol. The van der Waals surface area contributed by atoms with Gasteiger partial charge in [0.2, 0.25) is 0 Å². The molecule has 2 rings (SSSR count). The number of benzene rings is 2. The van der Waals surface area contributed by atoms with Gasteiger partial charge in [-0.15, -0.1) is 0 Å². The minimum Gasteiger partial charge on any atom is -0.490 e. The zero-order chi connectivity index (χ0) is 19.8. The highest BCUT2D eigenvalue weighted by Gasteiger charge is 2.18. The molecule has 0 bridgehead atoms. The Hall–Kier alpha value is -3.68. The van der Waals surface area contributed by atoms with Crippen molar-refractivity contribution in [3.05, 3.63) is 69.8 Å². The Bertz CT molecular complexity index is 877. The third-order valence-corrected chi connectivity index (χ3v) is 3.55. The first-order chi connectivity index (χ1) is 12.9. The molecule has 0 saturated heterocycles. The highest BCUT2D eigenvalue weighted by molar-refractivity contribution is 5.95. The molecule has 140 valence electrons. The van der Waals surface area contributed by atoms with E-state index in [1.165, 1.54) is 25.3 Å². The van der Waals surface area contributed by atoms with E-state index in [1.54, 1.807) is 13.0 Å². The molecule has 0 heterocycles. The fourth-order valence-electron chi connectivity index (χ4n) is 2.21. The van der Waals surface area contributed by atoms with Crippen molar-refractivity contribution in [2.75, 3.05) is 19.0 Å². The van der Waals surface area contributed by atoms with Crippen LogP contribution >= 0.6 is 0 Å². The van der Waals surface area contributed by atoms with Crippen LogP contribution in [-0.2, 0) is 14.3 Å². The molecule has 1 N–H and O–H groups in total. The number of nitrogens with zero attached hydrogens (tertiary/aromatic N) is 1. The smallest absolute Gasteiger partial charge is 0.331 e. The molecule has 1 amide bonds. The first-order valence-corrected chi connectivity index (χ1v) is 7.93.